The first-order chi connectivity index (χ1) is 11.3. The fraction of sp³-hybridized carbons (Fsp3) is 0.529. The molecule has 0 N–H and O–H groups in total. The molecule has 134 valence electrons. The third-order valence-corrected chi connectivity index (χ3v) is 2.99. The van der Waals surface area contributed by atoms with E-state index in [4.69, 9.17) is 4.74 Å². The van der Waals surface area contributed by atoms with Crippen molar-refractivity contribution in [2.75, 3.05) is 19.8 Å². The van der Waals surface area contributed by atoms with Crippen LogP contribution in [0.15, 0.2) is 24.3 Å². The zero-order valence-corrected chi connectivity index (χ0v) is 14.5. The highest BCUT2D eigenvalue weighted by Crippen LogP contribution is 2.22. The minimum absolute atomic E-state index is 0.0183. The van der Waals surface area contributed by atoms with E-state index < -0.39 is 12.1 Å². The normalized spacial score (nSPS) is 11.0. The predicted molar refractivity (Wildman–Crippen MR) is 85.2 cm³/mol. The first kappa shape index (κ1) is 19.9. The Bertz CT molecular complexity index is 517. The second kappa shape index (κ2) is 9.89. The Morgan fingerprint density at radius 3 is 2.21 bits per heavy atom. The van der Waals surface area contributed by atoms with Gasteiger partial charge in [0.25, 0.3) is 0 Å². The molecular formula is C17H24O7. The van der Waals surface area contributed by atoms with Gasteiger partial charge in [-0.25, -0.2) is 14.5 Å². The summed E-state index contributed by atoms with van der Waals surface area (Å²) >= 11 is 0. The Morgan fingerprint density at radius 2 is 1.62 bits per heavy atom. The van der Waals surface area contributed by atoms with E-state index in [1.807, 2.05) is 19.1 Å². The van der Waals surface area contributed by atoms with E-state index in [9.17, 15) is 9.59 Å². The maximum Gasteiger partial charge on any atom is 0.543 e. The zero-order chi connectivity index (χ0) is 18.0. The fourth-order valence-electron chi connectivity index (χ4n) is 1.68. The van der Waals surface area contributed by atoms with Crippen LogP contribution in [0.3, 0.4) is 0 Å². The van der Waals surface area contributed by atoms with Crippen molar-refractivity contribution >= 4 is 12.1 Å². The van der Waals surface area contributed by atoms with Crippen molar-refractivity contribution in [1.82, 2.24) is 0 Å². The lowest BCUT2D eigenvalue weighted by atomic mass is 9.87. The van der Waals surface area contributed by atoms with Crippen molar-refractivity contribution in [2.45, 2.75) is 39.5 Å². The van der Waals surface area contributed by atoms with E-state index in [1.165, 1.54) is 0 Å². The first-order valence-electron chi connectivity index (χ1n) is 7.75. The molecule has 0 aliphatic rings. The molecule has 0 atom stereocenters. The highest BCUT2D eigenvalue weighted by molar-refractivity contribution is 5.88. The molecule has 7 heteroatoms. The molecule has 0 saturated carbocycles. The van der Waals surface area contributed by atoms with E-state index in [0.29, 0.717) is 6.61 Å². The molecule has 0 heterocycles. The molecule has 24 heavy (non-hydrogen) atoms. The van der Waals surface area contributed by atoms with Crippen molar-refractivity contribution in [3.05, 3.63) is 35.4 Å². The molecule has 1 rings (SSSR count). The van der Waals surface area contributed by atoms with Crippen LogP contribution in [-0.4, -0.2) is 31.9 Å². The van der Waals surface area contributed by atoms with Crippen LogP contribution in [0.1, 0.15) is 50.0 Å². The van der Waals surface area contributed by atoms with Crippen molar-refractivity contribution in [2.24, 2.45) is 0 Å². The smallest absolute Gasteiger partial charge is 0.430 e. The topological polar surface area (TPSA) is 80.3 Å². The molecule has 0 amide bonds. The van der Waals surface area contributed by atoms with Crippen LogP contribution in [0.4, 0.5) is 4.79 Å². The molecule has 0 fully saturated rings. The van der Waals surface area contributed by atoms with Gasteiger partial charge in [0.2, 0.25) is 0 Å². The molecule has 1 aromatic rings. The maximum absolute atomic E-state index is 11.7. The number of ether oxygens (including phenoxy) is 2. The average molecular weight is 340 g/mol. The van der Waals surface area contributed by atoms with Crippen LogP contribution in [-0.2, 0) is 29.7 Å². The van der Waals surface area contributed by atoms with Crippen LogP contribution in [0.5, 0.6) is 0 Å². The second-order valence-corrected chi connectivity index (χ2v) is 6.06. The average Bonchev–Trinajstić information content (AvgIpc) is 2.54. The third-order valence-electron chi connectivity index (χ3n) is 2.99. The van der Waals surface area contributed by atoms with Gasteiger partial charge in [0.15, 0.2) is 0 Å². The van der Waals surface area contributed by atoms with Crippen LogP contribution in [0.2, 0.25) is 0 Å². The van der Waals surface area contributed by atoms with Gasteiger partial charge >= 0.3 is 12.1 Å². The van der Waals surface area contributed by atoms with E-state index in [-0.39, 0.29) is 24.2 Å². The largest absolute Gasteiger partial charge is 0.543 e. The van der Waals surface area contributed by atoms with Crippen LogP contribution in [0.25, 0.3) is 0 Å². The maximum atomic E-state index is 11.7. The molecule has 1 aromatic carbocycles. The van der Waals surface area contributed by atoms with Crippen molar-refractivity contribution in [3.8, 4) is 0 Å². The van der Waals surface area contributed by atoms with Crippen molar-refractivity contribution < 1.29 is 33.9 Å². The summed E-state index contributed by atoms with van der Waals surface area (Å²) < 4.78 is 9.74. The Kier molecular flexibility index (Phi) is 8.21. The Balaban J connectivity index is 2.27. The van der Waals surface area contributed by atoms with Gasteiger partial charge in [-0.1, -0.05) is 39.8 Å². The molecule has 0 saturated heterocycles. The molecule has 0 aromatic heterocycles. The van der Waals surface area contributed by atoms with E-state index in [2.05, 4.69) is 40.3 Å². The summed E-state index contributed by atoms with van der Waals surface area (Å²) in [4.78, 5) is 31.4. The SMILES string of the molecule is CCCOCCOC(=O)OOOC(=O)c1ccc(C(C)(C)C)cc1. The quantitative estimate of drug-likeness (QED) is 0.310. The summed E-state index contributed by atoms with van der Waals surface area (Å²) in [6.45, 7) is 9.02. The zero-order valence-electron chi connectivity index (χ0n) is 14.5. The standard InChI is InChI=1S/C17H24O7/c1-5-10-20-11-12-21-16(19)23-24-22-15(18)13-6-8-14(9-7-13)17(2,3)4/h6-9H,5,10-12H2,1-4H3. The Morgan fingerprint density at radius 1 is 0.958 bits per heavy atom. The number of benzene rings is 1. The Labute approximate surface area is 141 Å². The number of carbonyl (C=O) groups is 2. The van der Waals surface area contributed by atoms with E-state index in [1.54, 1.807) is 12.1 Å². The molecule has 7 nitrogen and oxygen atoms in total. The minimum Gasteiger partial charge on any atom is -0.430 e. The second-order valence-electron chi connectivity index (χ2n) is 6.06. The summed E-state index contributed by atoms with van der Waals surface area (Å²) in [6, 6.07) is 6.86. The van der Waals surface area contributed by atoms with Crippen LogP contribution < -0.4 is 0 Å². The summed E-state index contributed by atoms with van der Waals surface area (Å²) in [5.41, 5.74) is 1.32. The lowest BCUT2D eigenvalue weighted by Crippen LogP contribution is -2.15. The van der Waals surface area contributed by atoms with Crippen LogP contribution >= 0.6 is 0 Å². The monoisotopic (exact) mass is 340 g/mol. The fourth-order valence-corrected chi connectivity index (χ4v) is 1.68. The van der Waals surface area contributed by atoms with Gasteiger partial charge in [0, 0.05) is 6.61 Å². The lowest BCUT2D eigenvalue weighted by Gasteiger charge is -2.18. The van der Waals surface area contributed by atoms with Gasteiger partial charge in [0.05, 0.1) is 17.2 Å². The summed E-state index contributed by atoms with van der Waals surface area (Å²) in [6.07, 6.45) is -0.244. The van der Waals surface area contributed by atoms with Gasteiger partial charge in [-0.2, -0.15) is 0 Å². The number of rotatable bonds is 8. The van der Waals surface area contributed by atoms with Gasteiger partial charge in [-0.15, -0.1) is 0 Å². The van der Waals surface area contributed by atoms with Gasteiger partial charge < -0.3 is 9.47 Å². The third kappa shape index (κ3) is 7.43. The van der Waals surface area contributed by atoms with Gasteiger partial charge in [-0.3, -0.25) is 4.89 Å². The molecule has 0 aliphatic heterocycles. The molecule has 0 bridgehead atoms. The Hall–Kier alpha value is -2.12. The van der Waals surface area contributed by atoms with Crippen molar-refractivity contribution in [3.63, 3.8) is 0 Å². The first-order valence-corrected chi connectivity index (χ1v) is 7.75. The molecular weight excluding hydrogens is 316 g/mol. The molecule has 0 aliphatic carbocycles. The van der Waals surface area contributed by atoms with Gasteiger partial charge in [0.1, 0.15) is 6.61 Å². The molecule has 0 unspecified atom stereocenters. The summed E-state index contributed by atoms with van der Waals surface area (Å²) in [7, 11) is 0. The van der Waals surface area contributed by atoms with E-state index in [0.717, 1.165) is 12.0 Å². The van der Waals surface area contributed by atoms with Gasteiger partial charge in [-0.05, 0) is 29.5 Å². The molecule has 0 spiro atoms. The number of carbonyl (C=O) groups excluding carboxylic acids is 2. The van der Waals surface area contributed by atoms with Crippen molar-refractivity contribution in [1.29, 1.82) is 0 Å². The number of hydrogen-bond acceptors (Lipinski definition) is 7. The number of hydrogen-bond donors (Lipinski definition) is 0. The summed E-state index contributed by atoms with van der Waals surface area (Å²) in [5, 5.41) is 4.12. The molecule has 0 radical (unpaired) electrons. The highest BCUT2D eigenvalue weighted by Gasteiger charge is 2.16. The van der Waals surface area contributed by atoms with E-state index >= 15 is 0 Å². The summed E-state index contributed by atoms with van der Waals surface area (Å²) in [5.74, 6) is -0.783. The predicted octanol–water partition coefficient (Wildman–Crippen LogP) is 3.57. The lowest BCUT2D eigenvalue weighted by molar-refractivity contribution is -0.452. The van der Waals surface area contributed by atoms with Crippen LogP contribution in [0, 0.1) is 0 Å². The highest BCUT2D eigenvalue weighted by atomic mass is 17.5. The minimum atomic E-state index is -1.12.